The van der Waals surface area contributed by atoms with E-state index in [0.29, 0.717) is 18.0 Å². The van der Waals surface area contributed by atoms with E-state index in [0.717, 1.165) is 0 Å². The summed E-state index contributed by atoms with van der Waals surface area (Å²) in [6.07, 6.45) is 0. The largest absolute Gasteiger partial charge is 0.291 e. The molecule has 1 nitrogen and oxygen atoms in total. The maximum Gasteiger partial charge on any atom is 0.0268 e. The Hall–Kier alpha value is 0.310. The smallest absolute Gasteiger partial charge is 0.0268 e. The minimum atomic E-state index is 0.153. The van der Waals surface area contributed by atoms with Gasteiger partial charge in [-0.1, -0.05) is 41.5 Å². The van der Waals surface area contributed by atoms with E-state index < -0.39 is 0 Å². The fraction of sp³-hybridized carbons (Fsp3) is 1.00. The van der Waals surface area contributed by atoms with Gasteiger partial charge >= 0.3 is 0 Å². The molecule has 1 aliphatic rings. The molecule has 0 bridgehead atoms. The van der Waals surface area contributed by atoms with Gasteiger partial charge in [0, 0.05) is 27.1 Å². The van der Waals surface area contributed by atoms with Crippen molar-refractivity contribution >= 4 is 11.8 Å². The highest BCUT2D eigenvalue weighted by molar-refractivity contribution is 8.02. The highest BCUT2D eigenvalue weighted by Crippen LogP contribution is 2.60. The summed E-state index contributed by atoms with van der Waals surface area (Å²) in [5.74, 6) is 0.652. The topological polar surface area (TPSA) is 3.24 Å². The average molecular weight is 314 g/mol. The van der Waals surface area contributed by atoms with Crippen LogP contribution in [0.1, 0.15) is 83.1 Å². The van der Waals surface area contributed by atoms with Gasteiger partial charge in [-0.3, -0.25) is 4.90 Å². The molecule has 0 aliphatic carbocycles. The van der Waals surface area contributed by atoms with Crippen LogP contribution in [0.4, 0.5) is 0 Å². The van der Waals surface area contributed by atoms with Crippen LogP contribution in [0.2, 0.25) is 0 Å². The molecule has 0 aromatic carbocycles. The Kier molecular flexibility index (Phi) is 5.01. The SMILES string of the molecule is CC(C)C1N(C(C)C)C(C)(C)C(C)(C)C(C)(C)SC1(C)C. The summed E-state index contributed by atoms with van der Waals surface area (Å²) in [7, 11) is 0. The van der Waals surface area contributed by atoms with E-state index >= 15 is 0 Å². The molecule has 1 fully saturated rings. The third-order valence-electron chi connectivity index (χ3n) is 6.40. The first-order valence-corrected chi connectivity index (χ1v) is 9.40. The molecular weight excluding hydrogens is 274 g/mol. The second-order valence-corrected chi connectivity index (χ2v) is 11.9. The Bertz CT molecular complexity index is 377. The van der Waals surface area contributed by atoms with Crippen molar-refractivity contribution in [3.05, 3.63) is 0 Å². The van der Waals surface area contributed by atoms with E-state index in [1.165, 1.54) is 0 Å². The Morgan fingerprint density at radius 2 is 1.24 bits per heavy atom. The van der Waals surface area contributed by atoms with E-state index in [-0.39, 0.29) is 20.4 Å². The summed E-state index contributed by atoms with van der Waals surface area (Å²) in [6, 6.07) is 1.14. The molecule has 0 N–H and O–H groups in total. The first-order valence-electron chi connectivity index (χ1n) is 8.58. The lowest BCUT2D eigenvalue weighted by Gasteiger charge is -2.57. The van der Waals surface area contributed by atoms with Crippen molar-refractivity contribution in [1.82, 2.24) is 4.90 Å². The molecule has 126 valence electrons. The highest BCUT2D eigenvalue weighted by Gasteiger charge is 2.60. The van der Waals surface area contributed by atoms with Gasteiger partial charge in [0.25, 0.3) is 0 Å². The maximum atomic E-state index is 2.82. The summed E-state index contributed by atoms with van der Waals surface area (Å²) < 4.78 is 0.476. The van der Waals surface area contributed by atoms with E-state index in [1.807, 2.05) is 0 Å². The highest BCUT2D eigenvalue weighted by atomic mass is 32.2. The van der Waals surface area contributed by atoms with Crippen molar-refractivity contribution in [1.29, 1.82) is 0 Å². The first kappa shape index (κ1) is 19.4. The molecule has 0 aromatic heterocycles. The number of thioether (sulfide) groups is 1. The zero-order valence-electron chi connectivity index (χ0n) is 16.6. The van der Waals surface area contributed by atoms with Crippen molar-refractivity contribution in [2.24, 2.45) is 11.3 Å². The molecule has 0 spiro atoms. The minimum Gasteiger partial charge on any atom is -0.291 e. The maximum absolute atomic E-state index is 2.82. The van der Waals surface area contributed by atoms with Gasteiger partial charge in [0.05, 0.1) is 0 Å². The molecule has 1 rings (SSSR count). The van der Waals surface area contributed by atoms with Gasteiger partial charge in [0.2, 0.25) is 0 Å². The molecule has 2 heteroatoms. The third-order valence-corrected chi connectivity index (χ3v) is 8.19. The van der Waals surface area contributed by atoms with Gasteiger partial charge in [-0.05, 0) is 52.9 Å². The monoisotopic (exact) mass is 313 g/mol. The van der Waals surface area contributed by atoms with Crippen molar-refractivity contribution in [2.45, 2.75) is 110 Å². The van der Waals surface area contributed by atoms with Crippen LogP contribution in [0, 0.1) is 11.3 Å². The zero-order valence-corrected chi connectivity index (χ0v) is 17.4. The van der Waals surface area contributed by atoms with Crippen molar-refractivity contribution in [3.8, 4) is 0 Å². The minimum absolute atomic E-state index is 0.153. The fourth-order valence-corrected chi connectivity index (χ4v) is 7.00. The van der Waals surface area contributed by atoms with Crippen molar-refractivity contribution in [3.63, 3.8) is 0 Å². The molecule has 1 aliphatic heterocycles. The Balaban J connectivity index is 3.63. The van der Waals surface area contributed by atoms with Gasteiger partial charge in [0.15, 0.2) is 0 Å². The normalized spacial score (nSPS) is 31.4. The van der Waals surface area contributed by atoms with Crippen LogP contribution in [0.5, 0.6) is 0 Å². The van der Waals surface area contributed by atoms with Crippen LogP contribution in [0.15, 0.2) is 0 Å². The molecule has 0 aromatic rings. The number of hydrogen-bond donors (Lipinski definition) is 0. The van der Waals surface area contributed by atoms with E-state index in [9.17, 15) is 0 Å². The lowest BCUT2D eigenvalue weighted by atomic mass is 9.64. The zero-order chi connectivity index (χ0) is 17.0. The predicted octanol–water partition coefficient (Wildman–Crippen LogP) is 5.83. The van der Waals surface area contributed by atoms with Crippen LogP contribution in [-0.2, 0) is 0 Å². The molecule has 1 unspecified atom stereocenters. The molecule has 0 saturated carbocycles. The lowest BCUT2D eigenvalue weighted by molar-refractivity contribution is -0.0656. The van der Waals surface area contributed by atoms with Gasteiger partial charge in [-0.25, -0.2) is 0 Å². The predicted molar refractivity (Wildman–Crippen MR) is 99.2 cm³/mol. The standard InChI is InChI=1S/C19H39NS/c1-13(2)15-16(5,6)21-19(11,12)17(7,8)18(9,10)20(15)14(3)4/h13-15H,1-12H3. The fourth-order valence-electron chi connectivity index (χ4n) is 4.68. The van der Waals surface area contributed by atoms with E-state index in [2.05, 4.69) is 99.7 Å². The molecular formula is C19H39NS. The quantitative estimate of drug-likeness (QED) is 0.631. The number of rotatable bonds is 2. The van der Waals surface area contributed by atoms with Crippen LogP contribution < -0.4 is 0 Å². The molecule has 21 heavy (non-hydrogen) atoms. The number of hydrogen-bond acceptors (Lipinski definition) is 2. The Morgan fingerprint density at radius 1 is 0.810 bits per heavy atom. The number of nitrogens with zero attached hydrogens (tertiary/aromatic N) is 1. The Morgan fingerprint density at radius 3 is 1.57 bits per heavy atom. The summed E-state index contributed by atoms with van der Waals surface area (Å²) in [6.45, 7) is 29.2. The van der Waals surface area contributed by atoms with Crippen LogP contribution in [0.25, 0.3) is 0 Å². The average Bonchev–Trinajstić information content (AvgIpc) is 2.23. The first-order chi connectivity index (χ1) is 9.09. The lowest BCUT2D eigenvalue weighted by Crippen LogP contribution is -2.65. The second kappa shape index (κ2) is 5.44. The summed E-state index contributed by atoms with van der Waals surface area (Å²) in [5, 5.41) is 0. The Labute approximate surface area is 138 Å². The van der Waals surface area contributed by atoms with Gasteiger partial charge in [0.1, 0.15) is 0 Å². The second-order valence-electron chi connectivity index (χ2n) is 9.59. The van der Waals surface area contributed by atoms with Gasteiger partial charge in [-0.2, -0.15) is 0 Å². The molecule has 0 radical (unpaired) electrons. The summed E-state index contributed by atoms with van der Waals surface area (Å²) >= 11 is 2.19. The van der Waals surface area contributed by atoms with Crippen molar-refractivity contribution < 1.29 is 0 Å². The molecule has 1 atom stereocenters. The third kappa shape index (κ3) is 2.92. The molecule has 1 saturated heterocycles. The van der Waals surface area contributed by atoms with Gasteiger partial charge in [-0.15, -0.1) is 11.8 Å². The van der Waals surface area contributed by atoms with Crippen LogP contribution >= 0.6 is 11.8 Å². The molecule has 1 heterocycles. The van der Waals surface area contributed by atoms with E-state index in [1.54, 1.807) is 0 Å². The van der Waals surface area contributed by atoms with Crippen LogP contribution in [0.3, 0.4) is 0 Å². The van der Waals surface area contributed by atoms with Gasteiger partial charge < -0.3 is 0 Å². The molecule has 0 amide bonds. The summed E-state index contributed by atoms with van der Waals surface area (Å²) in [5.41, 5.74) is 0.371. The summed E-state index contributed by atoms with van der Waals surface area (Å²) in [4.78, 5) is 2.82. The van der Waals surface area contributed by atoms with Crippen LogP contribution in [-0.4, -0.2) is 32.0 Å². The van der Waals surface area contributed by atoms with E-state index in [4.69, 9.17) is 0 Å². The van der Waals surface area contributed by atoms with Crippen molar-refractivity contribution in [2.75, 3.05) is 0 Å².